The van der Waals surface area contributed by atoms with Crippen LogP contribution in [0.2, 0.25) is 5.02 Å². The molecule has 0 bridgehead atoms. The zero-order valence-corrected chi connectivity index (χ0v) is 12.4. The third-order valence-corrected chi connectivity index (χ3v) is 5.91. The molecule has 1 atom stereocenters. The third kappa shape index (κ3) is 3.80. The van der Waals surface area contributed by atoms with E-state index in [1.807, 2.05) is 0 Å². The number of halogens is 1. The van der Waals surface area contributed by atoms with Crippen LogP contribution in [-0.2, 0) is 18.9 Å². The SMILES string of the molecule is CCP(=O)(O)COS(=O)(=O)c1c(C)cccc1Cl. The molecule has 102 valence electrons. The number of benzene rings is 1. The lowest BCUT2D eigenvalue weighted by Gasteiger charge is -2.12. The summed E-state index contributed by atoms with van der Waals surface area (Å²) in [5.41, 5.74) is 0.423. The van der Waals surface area contributed by atoms with Gasteiger partial charge in [0.1, 0.15) is 11.2 Å². The molecule has 0 aliphatic carbocycles. The highest BCUT2D eigenvalue weighted by Gasteiger charge is 2.25. The minimum absolute atomic E-state index is 0.0271. The van der Waals surface area contributed by atoms with E-state index in [0.717, 1.165) is 0 Å². The maximum Gasteiger partial charge on any atom is 0.299 e. The molecular weight excluding hydrogens is 299 g/mol. The van der Waals surface area contributed by atoms with Crippen LogP contribution in [-0.4, -0.2) is 25.8 Å². The summed E-state index contributed by atoms with van der Waals surface area (Å²) in [6.45, 7) is 3.05. The largest absolute Gasteiger partial charge is 0.343 e. The van der Waals surface area contributed by atoms with Gasteiger partial charge in [-0.1, -0.05) is 30.7 Å². The van der Waals surface area contributed by atoms with Crippen molar-refractivity contribution >= 4 is 29.1 Å². The van der Waals surface area contributed by atoms with Gasteiger partial charge in [0.2, 0.25) is 7.37 Å². The Kier molecular flexibility index (Phi) is 4.98. The highest BCUT2D eigenvalue weighted by Crippen LogP contribution is 2.41. The molecular formula is C10H14ClO5PS. The van der Waals surface area contributed by atoms with Gasteiger partial charge in [-0.15, -0.1) is 0 Å². The second kappa shape index (κ2) is 5.72. The lowest BCUT2D eigenvalue weighted by atomic mass is 10.2. The molecule has 1 aromatic rings. The topological polar surface area (TPSA) is 80.7 Å². The maximum absolute atomic E-state index is 11.9. The minimum atomic E-state index is -4.13. The smallest absolute Gasteiger partial charge is 0.299 e. The Morgan fingerprint density at radius 3 is 2.56 bits per heavy atom. The van der Waals surface area contributed by atoms with Gasteiger partial charge in [-0.05, 0) is 18.6 Å². The number of hydrogen-bond donors (Lipinski definition) is 1. The fourth-order valence-electron chi connectivity index (χ4n) is 1.24. The van der Waals surface area contributed by atoms with E-state index >= 15 is 0 Å². The highest BCUT2D eigenvalue weighted by atomic mass is 35.5. The van der Waals surface area contributed by atoms with Crippen LogP contribution in [0.1, 0.15) is 12.5 Å². The summed E-state index contributed by atoms with van der Waals surface area (Å²) in [7, 11) is -7.69. The van der Waals surface area contributed by atoms with Crippen LogP contribution in [0, 0.1) is 6.92 Å². The second-order valence-corrected chi connectivity index (χ2v) is 8.29. The van der Waals surface area contributed by atoms with Crippen LogP contribution in [0.4, 0.5) is 0 Å². The Morgan fingerprint density at radius 1 is 1.44 bits per heavy atom. The van der Waals surface area contributed by atoms with E-state index in [1.54, 1.807) is 19.1 Å². The molecule has 0 amide bonds. The Labute approximate surface area is 111 Å². The van der Waals surface area contributed by atoms with Crippen molar-refractivity contribution in [3.63, 3.8) is 0 Å². The number of aryl methyl sites for hydroxylation is 1. The first-order valence-electron chi connectivity index (χ1n) is 5.15. The molecule has 0 aliphatic rings. The Hall–Kier alpha value is -0.390. The van der Waals surface area contributed by atoms with E-state index in [1.165, 1.54) is 13.0 Å². The first-order valence-corrected chi connectivity index (χ1v) is 8.96. The van der Waals surface area contributed by atoms with Gasteiger partial charge < -0.3 is 4.89 Å². The zero-order chi connectivity index (χ0) is 14.0. The Morgan fingerprint density at radius 2 is 2.06 bits per heavy atom. The van der Waals surface area contributed by atoms with Gasteiger partial charge in [0.25, 0.3) is 10.1 Å². The normalized spacial score (nSPS) is 15.3. The fraction of sp³-hybridized carbons (Fsp3) is 0.400. The summed E-state index contributed by atoms with van der Waals surface area (Å²) < 4.78 is 39.8. The zero-order valence-electron chi connectivity index (χ0n) is 9.96. The standard InChI is InChI=1S/C10H14ClO5PS/c1-3-17(12,13)7-16-18(14,15)10-8(2)5-4-6-9(10)11/h4-6H,3,7H2,1-2H3,(H,12,13). The fourth-order valence-corrected chi connectivity index (χ4v) is 4.02. The number of hydrogen-bond acceptors (Lipinski definition) is 4. The molecule has 1 aromatic carbocycles. The van der Waals surface area contributed by atoms with Crippen LogP contribution in [0.25, 0.3) is 0 Å². The van der Waals surface area contributed by atoms with Crippen molar-refractivity contribution in [1.29, 1.82) is 0 Å². The summed E-state index contributed by atoms with van der Waals surface area (Å²) in [5.74, 6) is 0. The van der Waals surface area contributed by atoms with E-state index in [-0.39, 0.29) is 16.1 Å². The van der Waals surface area contributed by atoms with E-state index in [9.17, 15) is 17.9 Å². The van der Waals surface area contributed by atoms with E-state index < -0.39 is 23.8 Å². The van der Waals surface area contributed by atoms with Crippen molar-refractivity contribution < 1.29 is 22.1 Å². The van der Waals surface area contributed by atoms with Crippen molar-refractivity contribution in [2.75, 3.05) is 12.5 Å². The van der Waals surface area contributed by atoms with Crippen molar-refractivity contribution in [3.8, 4) is 0 Å². The van der Waals surface area contributed by atoms with Crippen molar-refractivity contribution in [2.24, 2.45) is 0 Å². The van der Waals surface area contributed by atoms with Crippen LogP contribution in [0.5, 0.6) is 0 Å². The molecule has 18 heavy (non-hydrogen) atoms. The average Bonchev–Trinajstić information content (AvgIpc) is 2.26. The quantitative estimate of drug-likeness (QED) is 0.667. The van der Waals surface area contributed by atoms with Gasteiger partial charge in [0, 0.05) is 6.16 Å². The van der Waals surface area contributed by atoms with Crippen LogP contribution >= 0.6 is 19.0 Å². The lowest BCUT2D eigenvalue weighted by Crippen LogP contribution is -2.10. The monoisotopic (exact) mass is 312 g/mol. The third-order valence-electron chi connectivity index (χ3n) is 2.32. The molecule has 0 heterocycles. The van der Waals surface area contributed by atoms with Gasteiger partial charge in [0.05, 0.1) is 5.02 Å². The average molecular weight is 313 g/mol. The lowest BCUT2D eigenvalue weighted by molar-refractivity contribution is 0.346. The van der Waals surface area contributed by atoms with Crippen LogP contribution < -0.4 is 0 Å². The molecule has 1 rings (SSSR count). The van der Waals surface area contributed by atoms with E-state index in [2.05, 4.69) is 4.18 Å². The Balaban J connectivity index is 3.05. The van der Waals surface area contributed by atoms with Gasteiger partial charge in [-0.2, -0.15) is 8.42 Å². The Bertz CT molecular complexity index is 564. The van der Waals surface area contributed by atoms with Crippen molar-refractivity contribution in [2.45, 2.75) is 18.7 Å². The van der Waals surface area contributed by atoms with Crippen molar-refractivity contribution in [3.05, 3.63) is 28.8 Å². The molecule has 0 radical (unpaired) electrons. The maximum atomic E-state index is 11.9. The summed E-state index contributed by atoms with van der Waals surface area (Å²) in [6, 6.07) is 4.60. The molecule has 8 heteroatoms. The van der Waals surface area contributed by atoms with Crippen molar-refractivity contribution in [1.82, 2.24) is 0 Å². The van der Waals surface area contributed by atoms with E-state index in [4.69, 9.17) is 11.6 Å². The first kappa shape index (κ1) is 15.7. The molecule has 1 N–H and O–H groups in total. The van der Waals surface area contributed by atoms with Crippen LogP contribution in [0.3, 0.4) is 0 Å². The summed E-state index contributed by atoms with van der Waals surface area (Å²) in [6.07, 6.45) is -0.791. The molecule has 0 aliphatic heterocycles. The predicted octanol–water partition coefficient (Wildman–Crippen LogP) is 2.60. The number of rotatable bonds is 5. The minimum Gasteiger partial charge on any atom is -0.343 e. The van der Waals surface area contributed by atoms with Gasteiger partial charge in [-0.25, -0.2) is 0 Å². The first-order chi connectivity index (χ1) is 8.19. The summed E-state index contributed by atoms with van der Waals surface area (Å²) in [4.78, 5) is 9.14. The summed E-state index contributed by atoms with van der Waals surface area (Å²) in [5, 5.41) is 0.0271. The molecule has 0 spiro atoms. The molecule has 1 unspecified atom stereocenters. The summed E-state index contributed by atoms with van der Waals surface area (Å²) >= 11 is 5.81. The highest BCUT2D eigenvalue weighted by molar-refractivity contribution is 7.87. The molecule has 0 aromatic heterocycles. The molecule has 5 nitrogen and oxygen atoms in total. The molecule has 0 saturated carbocycles. The van der Waals surface area contributed by atoms with Crippen LogP contribution in [0.15, 0.2) is 23.1 Å². The second-order valence-electron chi connectivity index (χ2n) is 3.75. The predicted molar refractivity (Wildman–Crippen MR) is 69.7 cm³/mol. The van der Waals surface area contributed by atoms with Gasteiger partial charge >= 0.3 is 0 Å². The van der Waals surface area contributed by atoms with Gasteiger partial charge in [0.15, 0.2) is 0 Å². The van der Waals surface area contributed by atoms with E-state index in [0.29, 0.717) is 5.56 Å². The molecule has 0 fully saturated rings. The molecule has 0 saturated heterocycles. The van der Waals surface area contributed by atoms with Gasteiger partial charge in [-0.3, -0.25) is 8.75 Å².